The first kappa shape index (κ1) is 12.2. The molecular weight excluding hydrogens is 216 g/mol. The second-order valence-electron chi connectivity index (χ2n) is 5.59. The van der Waals surface area contributed by atoms with E-state index in [-0.39, 0.29) is 0 Å². The molecule has 0 heterocycles. The van der Waals surface area contributed by atoms with Gasteiger partial charge in [0.2, 0.25) is 0 Å². The van der Waals surface area contributed by atoms with Crippen LogP contribution < -0.4 is 10.6 Å². The van der Waals surface area contributed by atoms with Crippen LogP contribution in [0.2, 0.25) is 0 Å². The molecule has 2 aliphatic rings. The van der Waals surface area contributed by atoms with Crippen molar-refractivity contribution in [3.63, 3.8) is 0 Å². The summed E-state index contributed by atoms with van der Waals surface area (Å²) >= 11 is 5.23. The third-order valence-electron chi connectivity index (χ3n) is 3.89. The zero-order valence-corrected chi connectivity index (χ0v) is 11.1. The molecule has 3 heteroatoms. The zero-order valence-electron chi connectivity index (χ0n) is 10.3. The highest BCUT2D eigenvalue weighted by molar-refractivity contribution is 7.80. The third kappa shape index (κ3) is 4.28. The van der Waals surface area contributed by atoms with Crippen LogP contribution in [-0.2, 0) is 0 Å². The van der Waals surface area contributed by atoms with E-state index in [1.54, 1.807) is 0 Å². The molecule has 2 aliphatic carbocycles. The normalized spacial score (nSPS) is 29.8. The fourth-order valence-corrected chi connectivity index (χ4v) is 2.74. The van der Waals surface area contributed by atoms with Crippen LogP contribution in [-0.4, -0.2) is 17.7 Å². The molecule has 0 unspecified atom stereocenters. The average molecular weight is 240 g/mol. The molecule has 16 heavy (non-hydrogen) atoms. The van der Waals surface area contributed by atoms with Crippen LogP contribution in [0.25, 0.3) is 0 Å². The Morgan fingerprint density at radius 2 is 1.81 bits per heavy atom. The van der Waals surface area contributed by atoms with Crippen LogP contribution in [0.15, 0.2) is 0 Å². The molecule has 2 fully saturated rings. The van der Waals surface area contributed by atoms with Crippen LogP contribution in [0.3, 0.4) is 0 Å². The highest BCUT2D eigenvalue weighted by Crippen LogP contribution is 2.29. The molecule has 0 bridgehead atoms. The lowest BCUT2D eigenvalue weighted by Crippen LogP contribution is -2.37. The lowest BCUT2D eigenvalue weighted by molar-refractivity contribution is 0.278. The van der Waals surface area contributed by atoms with Crippen molar-refractivity contribution in [2.75, 3.05) is 6.54 Å². The largest absolute Gasteiger partial charge is 0.363 e. The Kier molecular flexibility index (Phi) is 4.45. The fourth-order valence-electron chi connectivity index (χ4n) is 2.47. The van der Waals surface area contributed by atoms with E-state index in [1.807, 2.05) is 0 Å². The van der Waals surface area contributed by atoms with E-state index < -0.39 is 0 Å². The Bertz CT molecular complexity index is 230. The SMILES string of the molecule is CC1CCC(CCNC(=S)NC2CC2)CC1. The summed E-state index contributed by atoms with van der Waals surface area (Å²) < 4.78 is 0. The first-order valence-electron chi connectivity index (χ1n) is 6.78. The van der Waals surface area contributed by atoms with Gasteiger partial charge in [0.05, 0.1) is 0 Å². The van der Waals surface area contributed by atoms with Crippen molar-refractivity contribution in [3.8, 4) is 0 Å². The number of hydrogen-bond acceptors (Lipinski definition) is 1. The number of rotatable bonds is 4. The van der Waals surface area contributed by atoms with Crippen molar-refractivity contribution in [1.29, 1.82) is 0 Å². The standard InChI is InChI=1S/C13H24N2S/c1-10-2-4-11(5-3-10)8-9-14-13(16)15-12-6-7-12/h10-12H,2-9H2,1H3,(H2,14,15,16). The molecule has 2 saturated carbocycles. The molecule has 0 saturated heterocycles. The van der Waals surface area contributed by atoms with Gasteiger partial charge in [0.25, 0.3) is 0 Å². The summed E-state index contributed by atoms with van der Waals surface area (Å²) in [5.74, 6) is 1.90. The summed E-state index contributed by atoms with van der Waals surface area (Å²) in [7, 11) is 0. The molecule has 2 nitrogen and oxygen atoms in total. The summed E-state index contributed by atoms with van der Waals surface area (Å²) in [5, 5.41) is 7.52. The monoisotopic (exact) mass is 240 g/mol. The summed E-state index contributed by atoms with van der Waals surface area (Å²) in [4.78, 5) is 0. The molecule has 0 aromatic rings. The van der Waals surface area contributed by atoms with Gasteiger partial charge in [-0.25, -0.2) is 0 Å². The minimum atomic E-state index is 0.676. The molecule has 2 rings (SSSR count). The van der Waals surface area contributed by atoms with E-state index in [4.69, 9.17) is 12.2 Å². The first-order valence-corrected chi connectivity index (χ1v) is 7.19. The van der Waals surface area contributed by atoms with E-state index in [2.05, 4.69) is 17.6 Å². The lowest BCUT2D eigenvalue weighted by Gasteiger charge is -2.26. The number of hydrogen-bond donors (Lipinski definition) is 2. The van der Waals surface area contributed by atoms with Gasteiger partial charge in [-0.2, -0.15) is 0 Å². The quantitative estimate of drug-likeness (QED) is 0.739. The Morgan fingerprint density at radius 3 is 2.44 bits per heavy atom. The van der Waals surface area contributed by atoms with E-state index in [9.17, 15) is 0 Å². The number of thiocarbonyl (C=S) groups is 1. The van der Waals surface area contributed by atoms with Crippen LogP contribution >= 0.6 is 12.2 Å². The van der Waals surface area contributed by atoms with Gasteiger partial charge < -0.3 is 10.6 Å². The van der Waals surface area contributed by atoms with Crippen molar-refractivity contribution in [3.05, 3.63) is 0 Å². The van der Waals surface area contributed by atoms with E-state index >= 15 is 0 Å². The molecule has 2 N–H and O–H groups in total. The van der Waals surface area contributed by atoms with E-state index in [1.165, 1.54) is 44.9 Å². The van der Waals surface area contributed by atoms with Gasteiger partial charge in [-0.05, 0) is 43.3 Å². The minimum absolute atomic E-state index is 0.676. The minimum Gasteiger partial charge on any atom is -0.363 e. The third-order valence-corrected chi connectivity index (χ3v) is 4.15. The second kappa shape index (κ2) is 5.85. The molecule has 0 aromatic heterocycles. The van der Waals surface area contributed by atoms with Crippen molar-refractivity contribution >= 4 is 17.3 Å². The molecule has 0 radical (unpaired) electrons. The molecule has 0 aromatic carbocycles. The molecule has 0 spiro atoms. The van der Waals surface area contributed by atoms with E-state index in [0.29, 0.717) is 6.04 Å². The van der Waals surface area contributed by atoms with Gasteiger partial charge in [0.15, 0.2) is 5.11 Å². The van der Waals surface area contributed by atoms with Gasteiger partial charge in [0.1, 0.15) is 0 Å². The molecule has 0 amide bonds. The summed E-state index contributed by atoms with van der Waals surface area (Å²) in [6.45, 7) is 3.43. The van der Waals surface area contributed by atoms with Gasteiger partial charge in [-0.1, -0.05) is 32.6 Å². The Labute approximate surface area is 105 Å². The van der Waals surface area contributed by atoms with Crippen LogP contribution in [0, 0.1) is 11.8 Å². The second-order valence-corrected chi connectivity index (χ2v) is 6.00. The highest BCUT2D eigenvalue weighted by atomic mass is 32.1. The highest BCUT2D eigenvalue weighted by Gasteiger charge is 2.22. The molecule has 0 aliphatic heterocycles. The average Bonchev–Trinajstić information content (AvgIpc) is 3.05. The zero-order chi connectivity index (χ0) is 11.4. The van der Waals surface area contributed by atoms with Crippen molar-refractivity contribution in [2.24, 2.45) is 11.8 Å². The maximum Gasteiger partial charge on any atom is 0.166 e. The lowest BCUT2D eigenvalue weighted by atomic mass is 9.81. The van der Waals surface area contributed by atoms with Gasteiger partial charge in [-0.3, -0.25) is 0 Å². The predicted molar refractivity (Wildman–Crippen MR) is 72.5 cm³/mol. The number of nitrogens with one attached hydrogen (secondary N) is 2. The van der Waals surface area contributed by atoms with Crippen molar-refractivity contribution in [2.45, 2.75) is 57.9 Å². The molecule has 92 valence electrons. The Hall–Kier alpha value is -0.310. The van der Waals surface area contributed by atoms with Gasteiger partial charge in [-0.15, -0.1) is 0 Å². The predicted octanol–water partition coefficient (Wildman–Crippen LogP) is 2.83. The van der Waals surface area contributed by atoms with Crippen LogP contribution in [0.1, 0.15) is 51.9 Å². The summed E-state index contributed by atoms with van der Waals surface area (Å²) in [6.07, 6.45) is 9.58. The van der Waals surface area contributed by atoms with Crippen molar-refractivity contribution < 1.29 is 0 Å². The Morgan fingerprint density at radius 1 is 1.12 bits per heavy atom. The van der Waals surface area contributed by atoms with Gasteiger partial charge in [0, 0.05) is 12.6 Å². The Balaban J connectivity index is 1.51. The first-order chi connectivity index (χ1) is 7.74. The summed E-state index contributed by atoms with van der Waals surface area (Å²) in [6, 6.07) is 0.676. The topological polar surface area (TPSA) is 24.1 Å². The summed E-state index contributed by atoms with van der Waals surface area (Å²) in [5.41, 5.74) is 0. The van der Waals surface area contributed by atoms with Gasteiger partial charge >= 0.3 is 0 Å². The maximum absolute atomic E-state index is 5.23. The van der Waals surface area contributed by atoms with Crippen LogP contribution in [0.4, 0.5) is 0 Å². The van der Waals surface area contributed by atoms with E-state index in [0.717, 1.165) is 23.5 Å². The van der Waals surface area contributed by atoms with Crippen molar-refractivity contribution in [1.82, 2.24) is 10.6 Å². The fraction of sp³-hybridized carbons (Fsp3) is 0.923. The van der Waals surface area contributed by atoms with Crippen LogP contribution in [0.5, 0.6) is 0 Å². The smallest absolute Gasteiger partial charge is 0.166 e. The maximum atomic E-state index is 5.23. The molecule has 0 atom stereocenters. The molecular formula is C13H24N2S.